The number of rotatable bonds is 4. The lowest BCUT2D eigenvalue weighted by molar-refractivity contribution is 0.321. The first-order valence-corrected chi connectivity index (χ1v) is 9.03. The average molecular weight is 284 g/mol. The second kappa shape index (κ2) is 6.52. The Balaban J connectivity index is 1.87. The van der Waals surface area contributed by atoms with Gasteiger partial charge in [-0.15, -0.1) is 0 Å². The maximum Gasteiger partial charge on any atom is 0.0470 e. The molecule has 2 aromatic rings. The molecule has 0 aromatic heterocycles. The third kappa shape index (κ3) is 2.80. The predicted molar refractivity (Wildman–Crippen MR) is 86.5 cm³/mol. The molecule has 1 aliphatic heterocycles. The minimum atomic E-state index is -0.175. The average Bonchev–Trinajstić information content (AvgIpc) is 2.93. The van der Waals surface area contributed by atoms with Gasteiger partial charge >= 0.3 is 0 Å². The molecule has 0 amide bonds. The maximum atomic E-state index is 9.47. The molecule has 1 N–H and O–H groups in total. The van der Waals surface area contributed by atoms with Crippen molar-refractivity contribution in [2.45, 2.75) is 24.2 Å². The van der Waals surface area contributed by atoms with Crippen LogP contribution in [0.1, 0.15) is 35.3 Å². The minimum absolute atomic E-state index is 0.175. The summed E-state index contributed by atoms with van der Waals surface area (Å²) in [5.41, 5.74) is 4.24. The predicted octanol–water partition coefficient (Wildman–Crippen LogP) is 4.74. The van der Waals surface area contributed by atoms with Gasteiger partial charge in [-0.25, -0.2) is 0 Å². The van der Waals surface area contributed by atoms with Crippen LogP contribution >= 0.6 is 7.92 Å². The van der Waals surface area contributed by atoms with Crippen molar-refractivity contribution in [2.24, 2.45) is 0 Å². The van der Waals surface area contributed by atoms with Gasteiger partial charge in [-0.2, -0.15) is 0 Å². The molecule has 1 aliphatic rings. The van der Waals surface area contributed by atoms with Gasteiger partial charge in [-0.05, 0) is 30.1 Å². The second-order valence-corrected chi connectivity index (χ2v) is 8.11. The zero-order valence-electron chi connectivity index (χ0n) is 11.7. The van der Waals surface area contributed by atoms with Gasteiger partial charge in [0.15, 0.2) is 0 Å². The van der Waals surface area contributed by atoms with E-state index in [0.717, 1.165) is 6.16 Å². The molecule has 0 bridgehead atoms. The molecule has 1 nitrogen and oxygen atoms in total. The number of hydrogen-bond acceptors (Lipinski definition) is 1. The van der Waals surface area contributed by atoms with Gasteiger partial charge in [0.1, 0.15) is 0 Å². The lowest BCUT2D eigenvalue weighted by Crippen LogP contribution is -2.01. The standard InChI is InChI=1S/C18H21OP/c19-13-14-20-17(15-7-3-1-4-8-15)11-12-18(20)16-9-5-2-6-10-16/h1-10,17-19H,11-14H2/t17-,18-/m1/s1. The summed E-state index contributed by atoms with van der Waals surface area (Å²) >= 11 is 0. The first kappa shape index (κ1) is 13.8. The van der Waals surface area contributed by atoms with Crippen LogP contribution in [0.25, 0.3) is 0 Å². The van der Waals surface area contributed by atoms with Crippen molar-refractivity contribution < 1.29 is 5.11 Å². The van der Waals surface area contributed by atoms with E-state index >= 15 is 0 Å². The summed E-state index contributed by atoms with van der Waals surface area (Å²) in [5, 5.41) is 9.47. The number of aliphatic hydroxyl groups excluding tert-OH is 1. The molecule has 104 valence electrons. The number of aliphatic hydroxyl groups is 1. The Morgan fingerprint density at radius 2 is 1.25 bits per heavy atom. The first-order chi connectivity index (χ1) is 9.90. The van der Waals surface area contributed by atoms with E-state index in [4.69, 9.17) is 0 Å². The summed E-state index contributed by atoms with van der Waals surface area (Å²) in [6, 6.07) is 21.7. The Morgan fingerprint density at radius 3 is 1.65 bits per heavy atom. The molecule has 0 radical (unpaired) electrons. The monoisotopic (exact) mass is 284 g/mol. The van der Waals surface area contributed by atoms with Crippen molar-refractivity contribution in [1.82, 2.24) is 0 Å². The highest BCUT2D eigenvalue weighted by molar-refractivity contribution is 7.58. The van der Waals surface area contributed by atoms with Gasteiger partial charge in [0.2, 0.25) is 0 Å². The second-order valence-electron chi connectivity index (χ2n) is 5.39. The van der Waals surface area contributed by atoms with Crippen LogP contribution in [0.5, 0.6) is 0 Å². The van der Waals surface area contributed by atoms with Gasteiger partial charge in [0.25, 0.3) is 0 Å². The summed E-state index contributed by atoms with van der Waals surface area (Å²) in [7, 11) is -0.175. The molecule has 2 aromatic carbocycles. The van der Waals surface area contributed by atoms with Crippen LogP contribution < -0.4 is 0 Å². The molecule has 1 saturated heterocycles. The van der Waals surface area contributed by atoms with Crippen molar-refractivity contribution in [3.63, 3.8) is 0 Å². The molecule has 0 unspecified atom stereocenters. The first-order valence-electron chi connectivity index (χ1n) is 7.36. The van der Waals surface area contributed by atoms with E-state index in [1.807, 2.05) is 0 Å². The molecule has 2 heteroatoms. The quantitative estimate of drug-likeness (QED) is 0.804. The molecular weight excluding hydrogens is 263 g/mol. The van der Waals surface area contributed by atoms with E-state index < -0.39 is 0 Å². The molecule has 0 aliphatic carbocycles. The normalized spacial score (nSPS) is 23.1. The molecule has 2 atom stereocenters. The van der Waals surface area contributed by atoms with Gasteiger partial charge in [-0.1, -0.05) is 68.6 Å². The zero-order chi connectivity index (χ0) is 13.8. The van der Waals surface area contributed by atoms with Crippen LogP contribution in [-0.2, 0) is 0 Å². The summed E-state index contributed by atoms with van der Waals surface area (Å²) in [5.74, 6) is 0. The fourth-order valence-electron chi connectivity index (χ4n) is 3.36. The lowest BCUT2D eigenvalue weighted by Gasteiger charge is -2.26. The third-order valence-electron chi connectivity index (χ3n) is 4.24. The van der Waals surface area contributed by atoms with E-state index in [9.17, 15) is 5.11 Å². The van der Waals surface area contributed by atoms with Crippen LogP contribution in [0.4, 0.5) is 0 Å². The van der Waals surface area contributed by atoms with Gasteiger partial charge < -0.3 is 5.11 Å². The lowest BCUT2D eigenvalue weighted by atomic mass is 10.0. The van der Waals surface area contributed by atoms with Crippen molar-refractivity contribution in [1.29, 1.82) is 0 Å². The number of benzene rings is 2. The highest BCUT2D eigenvalue weighted by atomic mass is 31.1. The van der Waals surface area contributed by atoms with E-state index in [0.29, 0.717) is 17.9 Å². The van der Waals surface area contributed by atoms with Gasteiger partial charge in [-0.3, -0.25) is 0 Å². The van der Waals surface area contributed by atoms with Crippen molar-refractivity contribution in [3.05, 3.63) is 71.8 Å². The summed E-state index contributed by atoms with van der Waals surface area (Å²) in [6.45, 7) is 0.318. The topological polar surface area (TPSA) is 20.2 Å². The molecule has 0 spiro atoms. The minimum Gasteiger partial charge on any atom is -0.396 e. The van der Waals surface area contributed by atoms with Crippen molar-refractivity contribution in [2.75, 3.05) is 12.8 Å². The Morgan fingerprint density at radius 1 is 0.800 bits per heavy atom. The SMILES string of the molecule is OCCP1[C@@H](c2ccccc2)CC[C@@H]1c1ccccc1. The molecule has 1 heterocycles. The van der Waals surface area contributed by atoms with Gasteiger partial charge in [0, 0.05) is 17.9 Å². The van der Waals surface area contributed by atoms with Crippen molar-refractivity contribution >= 4 is 7.92 Å². The largest absolute Gasteiger partial charge is 0.396 e. The zero-order valence-corrected chi connectivity index (χ0v) is 12.5. The van der Waals surface area contributed by atoms with Crippen LogP contribution in [-0.4, -0.2) is 17.9 Å². The van der Waals surface area contributed by atoms with Crippen LogP contribution in [0.15, 0.2) is 60.7 Å². The molecule has 1 fully saturated rings. The molecule has 0 saturated carbocycles. The fourth-order valence-corrected chi connectivity index (χ4v) is 6.72. The molecule has 3 rings (SSSR count). The molecule has 20 heavy (non-hydrogen) atoms. The Kier molecular flexibility index (Phi) is 4.50. The van der Waals surface area contributed by atoms with E-state index in [2.05, 4.69) is 60.7 Å². The van der Waals surface area contributed by atoms with Crippen molar-refractivity contribution in [3.8, 4) is 0 Å². The highest BCUT2D eigenvalue weighted by Crippen LogP contribution is 2.69. The fraction of sp³-hybridized carbons (Fsp3) is 0.333. The Hall–Kier alpha value is -1.17. The van der Waals surface area contributed by atoms with Gasteiger partial charge in [0.05, 0.1) is 0 Å². The molecular formula is C18H21OP. The maximum absolute atomic E-state index is 9.47. The van der Waals surface area contributed by atoms with E-state index in [1.165, 1.54) is 24.0 Å². The highest BCUT2D eigenvalue weighted by Gasteiger charge is 2.36. The van der Waals surface area contributed by atoms with Crippen LogP contribution in [0.2, 0.25) is 0 Å². The summed E-state index contributed by atoms with van der Waals surface area (Å²) in [6.07, 6.45) is 3.49. The smallest absolute Gasteiger partial charge is 0.0470 e. The third-order valence-corrected chi connectivity index (χ3v) is 7.67. The summed E-state index contributed by atoms with van der Waals surface area (Å²) < 4.78 is 0. The van der Waals surface area contributed by atoms with E-state index in [1.54, 1.807) is 0 Å². The van der Waals surface area contributed by atoms with Crippen LogP contribution in [0, 0.1) is 0 Å². The number of hydrogen-bond donors (Lipinski definition) is 1. The summed E-state index contributed by atoms with van der Waals surface area (Å²) in [4.78, 5) is 0. The van der Waals surface area contributed by atoms with Crippen LogP contribution in [0.3, 0.4) is 0 Å². The van der Waals surface area contributed by atoms with E-state index in [-0.39, 0.29) is 7.92 Å². The Bertz CT molecular complexity index is 478. The Labute approximate surface area is 122 Å².